The van der Waals surface area contributed by atoms with E-state index in [2.05, 4.69) is 5.32 Å². The molecule has 0 aromatic heterocycles. The van der Waals surface area contributed by atoms with Crippen LogP contribution in [0.3, 0.4) is 0 Å². The molecule has 0 aliphatic heterocycles. The molecule has 1 saturated carbocycles. The van der Waals surface area contributed by atoms with Crippen molar-refractivity contribution >= 4 is 11.9 Å². The Morgan fingerprint density at radius 2 is 1.63 bits per heavy atom. The van der Waals surface area contributed by atoms with Gasteiger partial charge in [-0.2, -0.15) is 0 Å². The van der Waals surface area contributed by atoms with Crippen molar-refractivity contribution in [1.82, 2.24) is 5.32 Å². The fourth-order valence-electron chi connectivity index (χ4n) is 2.24. The molecule has 0 bridgehead atoms. The lowest BCUT2D eigenvalue weighted by molar-refractivity contribution is -0.121. The fraction of sp³-hybridized carbons (Fsp3) is 0.867. The van der Waals surface area contributed by atoms with Crippen LogP contribution in [0.15, 0.2) is 0 Å². The Morgan fingerprint density at radius 3 is 2.00 bits per heavy atom. The van der Waals surface area contributed by atoms with Gasteiger partial charge in [0.25, 0.3) is 0 Å². The molecule has 19 heavy (non-hydrogen) atoms. The van der Waals surface area contributed by atoms with Gasteiger partial charge in [-0.15, -0.1) is 0 Å². The number of amides is 1. The Bertz CT molecular complexity index is 288. The zero-order valence-electron chi connectivity index (χ0n) is 13.2. The van der Waals surface area contributed by atoms with Crippen molar-refractivity contribution in [2.75, 3.05) is 0 Å². The SMILES string of the molecule is CC.CC(=O)C(NC(=O)OC1CCCC1)C(C)(C)C. The number of rotatable bonds is 3. The highest BCUT2D eigenvalue weighted by Gasteiger charge is 2.31. The van der Waals surface area contributed by atoms with Gasteiger partial charge >= 0.3 is 6.09 Å². The molecular formula is C15H29NO3. The molecule has 0 spiro atoms. The van der Waals surface area contributed by atoms with Crippen molar-refractivity contribution in [1.29, 1.82) is 0 Å². The second-order valence-electron chi connectivity index (χ2n) is 5.87. The summed E-state index contributed by atoms with van der Waals surface area (Å²) in [5.41, 5.74) is -0.291. The van der Waals surface area contributed by atoms with Gasteiger partial charge in [0.05, 0.1) is 6.04 Å². The Labute approximate surface area is 117 Å². The van der Waals surface area contributed by atoms with Gasteiger partial charge in [0.1, 0.15) is 6.10 Å². The predicted octanol–water partition coefficient (Wildman–Crippen LogP) is 3.69. The molecule has 1 atom stereocenters. The minimum absolute atomic E-state index is 0.0302. The fourth-order valence-corrected chi connectivity index (χ4v) is 2.24. The Hall–Kier alpha value is -1.06. The average molecular weight is 271 g/mol. The molecule has 0 heterocycles. The Kier molecular flexibility index (Phi) is 7.72. The van der Waals surface area contributed by atoms with E-state index >= 15 is 0 Å². The van der Waals surface area contributed by atoms with Crippen LogP contribution < -0.4 is 5.32 Å². The highest BCUT2D eigenvalue weighted by molar-refractivity contribution is 5.86. The quantitative estimate of drug-likeness (QED) is 0.851. The number of hydrogen-bond donors (Lipinski definition) is 1. The first-order valence-electron chi connectivity index (χ1n) is 7.28. The Balaban J connectivity index is 0.00000154. The molecule has 112 valence electrons. The number of ketones is 1. The molecule has 0 radical (unpaired) electrons. The summed E-state index contributed by atoms with van der Waals surface area (Å²) in [5, 5.41) is 2.67. The number of nitrogens with one attached hydrogen (secondary N) is 1. The molecule has 4 nitrogen and oxygen atoms in total. The molecule has 0 saturated heterocycles. The van der Waals surface area contributed by atoms with E-state index in [-0.39, 0.29) is 17.3 Å². The van der Waals surface area contributed by atoms with Crippen molar-refractivity contribution in [3.63, 3.8) is 0 Å². The van der Waals surface area contributed by atoms with E-state index in [1.807, 2.05) is 34.6 Å². The van der Waals surface area contributed by atoms with Gasteiger partial charge in [0.15, 0.2) is 5.78 Å². The maximum atomic E-state index is 11.7. The third kappa shape index (κ3) is 6.60. The van der Waals surface area contributed by atoms with Gasteiger partial charge in [0.2, 0.25) is 0 Å². The van der Waals surface area contributed by atoms with Crippen LogP contribution in [-0.4, -0.2) is 24.0 Å². The van der Waals surface area contributed by atoms with Crippen LogP contribution >= 0.6 is 0 Å². The summed E-state index contributed by atoms with van der Waals surface area (Å²) in [6, 6.07) is -0.489. The lowest BCUT2D eigenvalue weighted by atomic mass is 9.85. The smallest absolute Gasteiger partial charge is 0.408 e. The van der Waals surface area contributed by atoms with Crippen LogP contribution in [-0.2, 0) is 9.53 Å². The second-order valence-corrected chi connectivity index (χ2v) is 5.87. The van der Waals surface area contributed by atoms with E-state index in [4.69, 9.17) is 4.74 Å². The van der Waals surface area contributed by atoms with E-state index in [0.717, 1.165) is 25.7 Å². The minimum atomic E-state index is -0.489. The molecule has 1 amide bonds. The summed E-state index contributed by atoms with van der Waals surface area (Å²) in [7, 11) is 0. The van der Waals surface area contributed by atoms with Crippen LogP contribution in [0, 0.1) is 5.41 Å². The first kappa shape index (κ1) is 17.9. The van der Waals surface area contributed by atoms with Crippen LogP contribution in [0.25, 0.3) is 0 Å². The summed E-state index contributed by atoms with van der Waals surface area (Å²) < 4.78 is 5.28. The third-order valence-electron chi connectivity index (χ3n) is 3.11. The first-order chi connectivity index (χ1) is 8.80. The van der Waals surface area contributed by atoms with Gasteiger partial charge in [0, 0.05) is 0 Å². The number of alkyl carbamates (subject to hydrolysis) is 1. The maximum Gasteiger partial charge on any atom is 0.408 e. The molecular weight excluding hydrogens is 242 g/mol. The topological polar surface area (TPSA) is 55.4 Å². The van der Waals surface area contributed by atoms with Gasteiger partial charge in [-0.1, -0.05) is 34.6 Å². The van der Waals surface area contributed by atoms with E-state index < -0.39 is 12.1 Å². The highest BCUT2D eigenvalue weighted by atomic mass is 16.6. The van der Waals surface area contributed by atoms with Crippen molar-refractivity contribution < 1.29 is 14.3 Å². The lowest BCUT2D eigenvalue weighted by Gasteiger charge is -2.29. The third-order valence-corrected chi connectivity index (χ3v) is 3.11. The average Bonchev–Trinajstić information content (AvgIpc) is 2.79. The number of Topliss-reactive ketones (excluding diaryl/α,β-unsaturated/α-hetero) is 1. The normalized spacial score (nSPS) is 17.2. The molecule has 1 aliphatic rings. The summed E-state index contributed by atoms with van der Waals surface area (Å²) >= 11 is 0. The second kappa shape index (κ2) is 8.18. The largest absolute Gasteiger partial charge is 0.446 e. The molecule has 4 heteroatoms. The van der Waals surface area contributed by atoms with E-state index in [1.54, 1.807) is 0 Å². The first-order valence-corrected chi connectivity index (χ1v) is 7.28. The minimum Gasteiger partial charge on any atom is -0.446 e. The molecule has 1 aliphatic carbocycles. The molecule has 1 unspecified atom stereocenters. The van der Waals surface area contributed by atoms with E-state index in [1.165, 1.54) is 6.92 Å². The van der Waals surface area contributed by atoms with Gasteiger partial charge in [-0.05, 0) is 38.0 Å². The van der Waals surface area contributed by atoms with Crippen molar-refractivity contribution in [2.45, 2.75) is 79.4 Å². The zero-order chi connectivity index (χ0) is 15.1. The van der Waals surface area contributed by atoms with E-state index in [9.17, 15) is 9.59 Å². The van der Waals surface area contributed by atoms with Crippen molar-refractivity contribution in [3.8, 4) is 0 Å². The predicted molar refractivity (Wildman–Crippen MR) is 77.1 cm³/mol. The van der Waals surface area contributed by atoms with E-state index in [0.29, 0.717) is 0 Å². The standard InChI is InChI=1S/C13H23NO3.C2H6/c1-9(15)11(13(2,3)4)14-12(16)17-10-7-5-6-8-10;1-2/h10-11H,5-8H2,1-4H3,(H,14,16);1-2H3. The van der Waals surface area contributed by atoms with Crippen LogP contribution in [0.5, 0.6) is 0 Å². The zero-order valence-corrected chi connectivity index (χ0v) is 13.2. The number of hydrogen-bond acceptors (Lipinski definition) is 3. The summed E-state index contributed by atoms with van der Waals surface area (Å²) in [4.78, 5) is 23.2. The van der Waals surface area contributed by atoms with Gasteiger partial charge in [-0.25, -0.2) is 4.79 Å². The van der Waals surface area contributed by atoms with Crippen LogP contribution in [0.4, 0.5) is 4.79 Å². The number of carbonyl (C=O) groups excluding carboxylic acids is 2. The summed E-state index contributed by atoms with van der Waals surface area (Å²) in [6.07, 6.45) is 3.68. The van der Waals surface area contributed by atoms with Crippen LogP contribution in [0.2, 0.25) is 0 Å². The van der Waals surface area contributed by atoms with Crippen LogP contribution in [0.1, 0.15) is 67.2 Å². The lowest BCUT2D eigenvalue weighted by Crippen LogP contribution is -2.48. The monoisotopic (exact) mass is 271 g/mol. The Morgan fingerprint density at radius 1 is 1.16 bits per heavy atom. The summed E-state index contributed by atoms with van der Waals surface area (Å²) in [5.74, 6) is -0.0409. The molecule has 1 rings (SSSR count). The molecule has 1 N–H and O–H groups in total. The molecule has 0 aromatic carbocycles. The molecule has 0 aromatic rings. The summed E-state index contributed by atoms with van der Waals surface area (Å²) in [6.45, 7) is 11.3. The highest BCUT2D eigenvalue weighted by Crippen LogP contribution is 2.23. The number of carbonyl (C=O) groups is 2. The molecule has 1 fully saturated rings. The maximum absolute atomic E-state index is 11.7. The van der Waals surface area contributed by atoms with Crippen molar-refractivity contribution in [2.24, 2.45) is 5.41 Å². The van der Waals surface area contributed by atoms with Gasteiger partial charge < -0.3 is 10.1 Å². The van der Waals surface area contributed by atoms with Gasteiger partial charge in [-0.3, -0.25) is 4.79 Å². The van der Waals surface area contributed by atoms with Crippen molar-refractivity contribution in [3.05, 3.63) is 0 Å². The number of ether oxygens (including phenoxy) is 1.